The molecule has 0 saturated heterocycles. The first-order chi connectivity index (χ1) is 30.3. The van der Waals surface area contributed by atoms with E-state index in [-0.39, 0.29) is 0 Å². The molecule has 2 heteroatoms. The van der Waals surface area contributed by atoms with E-state index in [1.54, 1.807) is 0 Å². The molecule has 0 bridgehead atoms. The van der Waals surface area contributed by atoms with Crippen LogP contribution in [0, 0.1) is 0 Å². The van der Waals surface area contributed by atoms with Crippen LogP contribution in [-0.4, -0.2) is 0 Å². The zero-order valence-electron chi connectivity index (χ0n) is 33.4. The highest BCUT2D eigenvalue weighted by Gasteiger charge is 2.47. The van der Waals surface area contributed by atoms with Gasteiger partial charge in [0, 0.05) is 22.1 Å². The van der Waals surface area contributed by atoms with Crippen LogP contribution in [0.5, 0.6) is 0 Å². The van der Waals surface area contributed by atoms with E-state index in [4.69, 9.17) is 4.42 Å². The van der Waals surface area contributed by atoms with Gasteiger partial charge in [-0.25, -0.2) is 0 Å². The largest absolute Gasteiger partial charge is 0.455 e. The Morgan fingerprint density at radius 3 is 1.52 bits per heavy atom. The molecular weight excluding hydrogens is 739 g/mol. The lowest BCUT2D eigenvalue weighted by Crippen LogP contribution is -2.29. The zero-order chi connectivity index (χ0) is 40.3. The molecule has 0 amide bonds. The lowest BCUT2D eigenvalue weighted by molar-refractivity contribution is 0.672. The predicted molar refractivity (Wildman–Crippen MR) is 254 cm³/mol. The summed E-state index contributed by atoms with van der Waals surface area (Å²) in [6.07, 6.45) is 0. The molecule has 0 aliphatic heterocycles. The molecule has 10 aromatic carbocycles. The molecule has 0 atom stereocenters. The van der Waals surface area contributed by atoms with Crippen molar-refractivity contribution in [3.63, 3.8) is 0 Å². The maximum absolute atomic E-state index is 6.83. The minimum atomic E-state index is -0.488. The highest BCUT2D eigenvalue weighted by molar-refractivity contribution is 6.22. The first kappa shape index (κ1) is 35.0. The summed E-state index contributed by atoms with van der Waals surface area (Å²) in [5.41, 5.74) is 17.0. The molecule has 0 saturated carbocycles. The van der Waals surface area contributed by atoms with Gasteiger partial charge in [0.1, 0.15) is 11.2 Å². The summed E-state index contributed by atoms with van der Waals surface area (Å²) in [7, 11) is 0. The van der Waals surface area contributed by atoms with Gasteiger partial charge in [-0.3, -0.25) is 0 Å². The molecule has 1 heterocycles. The van der Waals surface area contributed by atoms with E-state index >= 15 is 0 Å². The van der Waals surface area contributed by atoms with E-state index in [9.17, 15) is 0 Å². The van der Waals surface area contributed by atoms with Crippen molar-refractivity contribution >= 4 is 49.8 Å². The fraction of sp³-hybridized carbons (Fsp3) is 0.0169. The molecule has 61 heavy (non-hydrogen) atoms. The van der Waals surface area contributed by atoms with Crippen LogP contribution in [0.3, 0.4) is 0 Å². The highest BCUT2D eigenvalue weighted by Crippen LogP contribution is 2.58. The zero-order valence-corrected chi connectivity index (χ0v) is 33.4. The van der Waals surface area contributed by atoms with Crippen molar-refractivity contribution in [1.82, 2.24) is 0 Å². The van der Waals surface area contributed by atoms with Crippen molar-refractivity contribution in [1.29, 1.82) is 0 Å². The Morgan fingerprint density at radius 2 is 0.869 bits per heavy atom. The molecule has 286 valence electrons. The Balaban J connectivity index is 1.06. The highest BCUT2D eigenvalue weighted by atomic mass is 16.3. The summed E-state index contributed by atoms with van der Waals surface area (Å²) < 4.78 is 6.83. The van der Waals surface area contributed by atoms with Gasteiger partial charge < -0.3 is 9.32 Å². The molecule has 1 aliphatic carbocycles. The molecule has 1 aliphatic rings. The standard InChI is InChI=1S/C59H39NO/c1-5-19-42(20-6-1)59(43-21-7-2-8-22-43)53-32-16-15-28-48(53)49-31-17-30-46(57(49)59)40-35-37-41(38-36-40)51-39-52-56-54(60(44-23-9-3-10-24-44)45-25-11-4-12-26-45)33-18-34-55(56)61-58(52)50-29-14-13-27-47(50)51/h1-39H. The third-order valence-electron chi connectivity index (χ3n) is 12.7. The number of rotatable bonds is 7. The summed E-state index contributed by atoms with van der Waals surface area (Å²) in [6, 6.07) is 85.8. The van der Waals surface area contributed by atoms with Crippen LogP contribution in [0.2, 0.25) is 0 Å². The summed E-state index contributed by atoms with van der Waals surface area (Å²) in [4.78, 5) is 2.34. The molecule has 0 unspecified atom stereocenters. The van der Waals surface area contributed by atoms with Gasteiger partial charge in [0.15, 0.2) is 0 Å². The van der Waals surface area contributed by atoms with Gasteiger partial charge in [0.2, 0.25) is 0 Å². The number of para-hydroxylation sites is 2. The maximum atomic E-state index is 6.83. The monoisotopic (exact) mass is 777 g/mol. The second-order valence-electron chi connectivity index (χ2n) is 15.9. The Labute approximate surface area is 355 Å². The van der Waals surface area contributed by atoms with Gasteiger partial charge >= 0.3 is 0 Å². The molecule has 0 radical (unpaired) electrons. The fourth-order valence-electron chi connectivity index (χ4n) is 10.2. The van der Waals surface area contributed by atoms with E-state index in [1.807, 2.05) is 0 Å². The molecule has 12 rings (SSSR count). The predicted octanol–water partition coefficient (Wildman–Crippen LogP) is 15.9. The van der Waals surface area contributed by atoms with Gasteiger partial charge in [-0.05, 0) is 103 Å². The third-order valence-corrected chi connectivity index (χ3v) is 12.7. The average Bonchev–Trinajstić information content (AvgIpc) is 3.88. The number of hydrogen-bond acceptors (Lipinski definition) is 2. The van der Waals surface area contributed by atoms with E-state index in [1.165, 1.54) is 50.1 Å². The summed E-state index contributed by atoms with van der Waals surface area (Å²) in [5.74, 6) is 0. The lowest BCUT2D eigenvalue weighted by atomic mass is 9.66. The molecule has 0 spiro atoms. The second-order valence-corrected chi connectivity index (χ2v) is 15.9. The van der Waals surface area contributed by atoms with Gasteiger partial charge in [0.05, 0.1) is 16.5 Å². The Hall–Kier alpha value is -7.94. The number of fused-ring (bicyclic) bond motifs is 8. The van der Waals surface area contributed by atoms with Crippen molar-refractivity contribution in [2.24, 2.45) is 0 Å². The molecule has 1 aromatic heterocycles. The Bertz CT molecular complexity index is 3310. The quantitative estimate of drug-likeness (QED) is 0.160. The summed E-state index contributed by atoms with van der Waals surface area (Å²) in [6.45, 7) is 0. The molecule has 2 nitrogen and oxygen atoms in total. The molecule has 11 aromatic rings. The third kappa shape index (κ3) is 5.36. The van der Waals surface area contributed by atoms with Crippen LogP contribution >= 0.6 is 0 Å². The van der Waals surface area contributed by atoms with Crippen molar-refractivity contribution in [2.75, 3.05) is 4.90 Å². The van der Waals surface area contributed by atoms with Crippen molar-refractivity contribution in [2.45, 2.75) is 5.41 Å². The average molecular weight is 778 g/mol. The number of hydrogen-bond donors (Lipinski definition) is 0. The molecular formula is C59H39NO. The first-order valence-electron chi connectivity index (χ1n) is 21.0. The van der Waals surface area contributed by atoms with E-state index in [2.05, 4.69) is 241 Å². The number of anilines is 3. The van der Waals surface area contributed by atoms with Crippen LogP contribution in [0.1, 0.15) is 22.3 Å². The van der Waals surface area contributed by atoms with Crippen molar-refractivity contribution in [3.8, 4) is 33.4 Å². The first-order valence-corrected chi connectivity index (χ1v) is 21.0. The van der Waals surface area contributed by atoms with Gasteiger partial charge in [-0.2, -0.15) is 0 Å². The topological polar surface area (TPSA) is 16.4 Å². The van der Waals surface area contributed by atoms with E-state index in [0.717, 1.165) is 55.3 Å². The SMILES string of the molecule is c1ccc(N(c2ccccc2)c2cccc3oc4c5ccccc5c(-c5ccc(-c6cccc7c6C(c6ccccc6)(c6ccccc6)c6ccccc6-7)cc5)cc4c23)cc1. The Morgan fingerprint density at radius 1 is 0.361 bits per heavy atom. The second kappa shape index (κ2) is 14.1. The normalized spacial score (nSPS) is 12.7. The minimum Gasteiger partial charge on any atom is -0.455 e. The van der Waals surface area contributed by atoms with Crippen LogP contribution in [0.4, 0.5) is 17.1 Å². The van der Waals surface area contributed by atoms with Crippen molar-refractivity contribution < 1.29 is 4.42 Å². The van der Waals surface area contributed by atoms with Crippen LogP contribution in [-0.2, 0) is 5.41 Å². The maximum Gasteiger partial charge on any atom is 0.143 e. The van der Waals surface area contributed by atoms with Gasteiger partial charge in [0.25, 0.3) is 0 Å². The minimum absolute atomic E-state index is 0.488. The Kier molecular flexibility index (Phi) is 8.11. The summed E-state index contributed by atoms with van der Waals surface area (Å²) in [5, 5.41) is 4.44. The van der Waals surface area contributed by atoms with E-state index < -0.39 is 5.41 Å². The van der Waals surface area contributed by atoms with Crippen LogP contribution < -0.4 is 4.90 Å². The van der Waals surface area contributed by atoms with Crippen LogP contribution in [0.15, 0.2) is 241 Å². The molecule has 0 fully saturated rings. The number of furan rings is 1. The summed E-state index contributed by atoms with van der Waals surface area (Å²) >= 11 is 0. The number of nitrogens with zero attached hydrogens (tertiary/aromatic N) is 1. The van der Waals surface area contributed by atoms with Crippen molar-refractivity contribution in [3.05, 3.63) is 259 Å². The number of benzene rings is 10. The fourth-order valence-corrected chi connectivity index (χ4v) is 10.2. The van der Waals surface area contributed by atoms with Crippen LogP contribution in [0.25, 0.3) is 66.1 Å². The van der Waals surface area contributed by atoms with E-state index in [0.29, 0.717) is 0 Å². The van der Waals surface area contributed by atoms with Gasteiger partial charge in [-0.1, -0.05) is 194 Å². The lowest BCUT2D eigenvalue weighted by Gasteiger charge is -2.35. The van der Waals surface area contributed by atoms with Gasteiger partial charge in [-0.15, -0.1) is 0 Å². The smallest absolute Gasteiger partial charge is 0.143 e. The molecule has 0 N–H and O–H groups in total.